The number of aromatic amines is 1. The Morgan fingerprint density at radius 3 is 2.67 bits per heavy atom. The lowest BCUT2D eigenvalue weighted by Gasteiger charge is -2.09. The Labute approximate surface area is 104 Å². The van der Waals surface area contributed by atoms with Crippen molar-refractivity contribution < 1.29 is 4.74 Å². The van der Waals surface area contributed by atoms with Crippen LogP contribution in [0.15, 0.2) is 35.1 Å². The van der Waals surface area contributed by atoms with E-state index in [4.69, 9.17) is 10.00 Å². The lowest BCUT2D eigenvalue weighted by molar-refractivity contribution is 0.416. The molecule has 1 heterocycles. The molecule has 0 aliphatic carbocycles. The zero-order valence-electron chi connectivity index (χ0n) is 10.2. The molecule has 0 unspecified atom stereocenters. The van der Waals surface area contributed by atoms with Crippen LogP contribution in [0.5, 0.6) is 5.75 Å². The normalized spacial score (nSPS) is 9.83. The first-order valence-corrected chi connectivity index (χ1v) is 5.44. The van der Waals surface area contributed by atoms with Crippen molar-refractivity contribution in [2.75, 3.05) is 7.11 Å². The first kappa shape index (κ1) is 11.9. The van der Waals surface area contributed by atoms with Crippen LogP contribution in [-0.2, 0) is 0 Å². The monoisotopic (exact) mass is 240 g/mol. The molecule has 0 amide bonds. The van der Waals surface area contributed by atoms with Gasteiger partial charge in [-0.25, -0.2) is 0 Å². The SMILES string of the molecule is COc1ccccc1-c1cc(C)[nH]c(=O)c1C#N. The zero-order chi connectivity index (χ0) is 13.1. The standard InChI is InChI=1S/C14H12N2O2/c1-9-7-11(12(8-15)14(17)16-9)10-5-3-4-6-13(10)18-2/h3-7H,1-2H3,(H,16,17). The van der Waals surface area contributed by atoms with Crippen molar-refractivity contribution in [1.29, 1.82) is 5.26 Å². The third-order valence-electron chi connectivity index (χ3n) is 2.68. The maximum Gasteiger partial charge on any atom is 0.266 e. The van der Waals surface area contributed by atoms with E-state index < -0.39 is 0 Å². The molecule has 0 saturated heterocycles. The van der Waals surface area contributed by atoms with Crippen LogP contribution in [0.2, 0.25) is 0 Å². The highest BCUT2D eigenvalue weighted by Crippen LogP contribution is 2.30. The number of hydrogen-bond acceptors (Lipinski definition) is 3. The van der Waals surface area contributed by atoms with Crippen molar-refractivity contribution in [2.45, 2.75) is 6.92 Å². The fraction of sp³-hybridized carbons (Fsp3) is 0.143. The van der Waals surface area contributed by atoms with Crippen LogP contribution in [0.1, 0.15) is 11.3 Å². The second-order valence-electron chi connectivity index (χ2n) is 3.88. The zero-order valence-corrected chi connectivity index (χ0v) is 10.2. The molecular weight excluding hydrogens is 228 g/mol. The van der Waals surface area contributed by atoms with E-state index in [1.165, 1.54) is 0 Å². The van der Waals surface area contributed by atoms with Crippen molar-refractivity contribution in [3.63, 3.8) is 0 Å². The first-order valence-electron chi connectivity index (χ1n) is 5.44. The van der Waals surface area contributed by atoms with E-state index in [1.807, 2.05) is 24.3 Å². The lowest BCUT2D eigenvalue weighted by Crippen LogP contribution is -2.12. The van der Waals surface area contributed by atoms with Gasteiger partial charge in [0, 0.05) is 16.8 Å². The average molecular weight is 240 g/mol. The Morgan fingerprint density at radius 2 is 2.00 bits per heavy atom. The Hall–Kier alpha value is -2.54. The second-order valence-corrected chi connectivity index (χ2v) is 3.88. The largest absolute Gasteiger partial charge is 0.496 e. The molecule has 2 rings (SSSR count). The van der Waals surface area contributed by atoms with E-state index in [-0.39, 0.29) is 11.1 Å². The van der Waals surface area contributed by atoms with Gasteiger partial charge < -0.3 is 9.72 Å². The third kappa shape index (κ3) is 1.98. The summed E-state index contributed by atoms with van der Waals surface area (Å²) in [6.07, 6.45) is 0. The highest BCUT2D eigenvalue weighted by Gasteiger charge is 2.13. The minimum absolute atomic E-state index is 0.102. The molecule has 1 N–H and O–H groups in total. The van der Waals surface area contributed by atoms with Crippen LogP contribution in [0.25, 0.3) is 11.1 Å². The Bertz CT molecular complexity index is 681. The van der Waals surface area contributed by atoms with E-state index in [0.717, 1.165) is 5.56 Å². The van der Waals surface area contributed by atoms with Crippen molar-refractivity contribution >= 4 is 0 Å². The van der Waals surface area contributed by atoms with Crippen molar-refractivity contribution in [3.8, 4) is 22.9 Å². The first-order chi connectivity index (χ1) is 8.67. The molecule has 0 aliphatic heterocycles. The molecule has 90 valence electrons. The number of methoxy groups -OCH3 is 1. The van der Waals surface area contributed by atoms with Crippen molar-refractivity contribution in [3.05, 3.63) is 51.9 Å². The quantitative estimate of drug-likeness (QED) is 0.875. The van der Waals surface area contributed by atoms with Gasteiger partial charge in [-0.3, -0.25) is 4.79 Å². The number of rotatable bonds is 2. The third-order valence-corrected chi connectivity index (χ3v) is 2.68. The molecule has 4 nitrogen and oxygen atoms in total. The molecule has 0 spiro atoms. The molecule has 0 radical (unpaired) electrons. The van der Waals surface area contributed by atoms with E-state index in [1.54, 1.807) is 26.2 Å². The molecular formula is C14H12N2O2. The molecule has 0 atom stereocenters. The molecule has 2 aromatic rings. The molecule has 0 saturated carbocycles. The van der Waals surface area contributed by atoms with Crippen LogP contribution in [0.3, 0.4) is 0 Å². The van der Waals surface area contributed by atoms with E-state index in [0.29, 0.717) is 17.0 Å². The van der Waals surface area contributed by atoms with Gasteiger partial charge in [0.15, 0.2) is 0 Å². The number of hydrogen-bond donors (Lipinski definition) is 1. The number of H-pyrrole nitrogens is 1. The summed E-state index contributed by atoms with van der Waals surface area (Å²) in [5.74, 6) is 0.638. The van der Waals surface area contributed by atoms with Crippen molar-refractivity contribution in [2.24, 2.45) is 0 Å². The smallest absolute Gasteiger partial charge is 0.266 e. The molecule has 0 fully saturated rings. The fourth-order valence-corrected chi connectivity index (χ4v) is 1.88. The number of nitriles is 1. The van der Waals surface area contributed by atoms with Gasteiger partial charge in [-0.2, -0.15) is 5.26 Å². The lowest BCUT2D eigenvalue weighted by atomic mass is 10.0. The fourth-order valence-electron chi connectivity index (χ4n) is 1.88. The highest BCUT2D eigenvalue weighted by atomic mass is 16.5. The average Bonchev–Trinajstić information content (AvgIpc) is 2.38. The maximum absolute atomic E-state index is 11.7. The maximum atomic E-state index is 11.7. The summed E-state index contributed by atoms with van der Waals surface area (Å²) in [5, 5.41) is 9.10. The van der Waals surface area contributed by atoms with Gasteiger partial charge in [-0.1, -0.05) is 18.2 Å². The summed E-state index contributed by atoms with van der Waals surface area (Å²) in [5.41, 5.74) is 1.77. The molecule has 0 aliphatic rings. The number of pyridine rings is 1. The number of para-hydroxylation sites is 1. The predicted octanol–water partition coefficient (Wildman–Crippen LogP) is 2.23. The summed E-state index contributed by atoms with van der Waals surface area (Å²) in [6.45, 7) is 1.78. The highest BCUT2D eigenvalue weighted by molar-refractivity contribution is 5.75. The number of ether oxygens (including phenoxy) is 1. The van der Waals surface area contributed by atoms with E-state index in [9.17, 15) is 4.79 Å². The summed E-state index contributed by atoms with van der Waals surface area (Å²) < 4.78 is 5.26. The topological polar surface area (TPSA) is 65.9 Å². The molecule has 18 heavy (non-hydrogen) atoms. The molecule has 0 bridgehead atoms. The van der Waals surface area contributed by atoms with E-state index >= 15 is 0 Å². The minimum Gasteiger partial charge on any atom is -0.496 e. The number of aromatic nitrogens is 1. The van der Waals surface area contributed by atoms with Crippen LogP contribution < -0.4 is 10.3 Å². The minimum atomic E-state index is -0.376. The van der Waals surface area contributed by atoms with Gasteiger partial charge in [-0.05, 0) is 19.1 Å². The van der Waals surface area contributed by atoms with E-state index in [2.05, 4.69) is 4.98 Å². The number of aryl methyl sites for hydroxylation is 1. The summed E-state index contributed by atoms with van der Waals surface area (Å²) in [7, 11) is 1.56. The van der Waals surface area contributed by atoms with Gasteiger partial charge in [0.05, 0.1) is 7.11 Å². The van der Waals surface area contributed by atoms with Crippen LogP contribution in [0, 0.1) is 18.3 Å². The predicted molar refractivity (Wildman–Crippen MR) is 68.5 cm³/mol. The number of nitrogens with one attached hydrogen (secondary N) is 1. The van der Waals surface area contributed by atoms with Crippen molar-refractivity contribution in [1.82, 2.24) is 4.98 Å². The molecule has 1 aromatic carbocycles. The van der Waals surface area contributed by atoms with Crippen LogP contribution >= 0.6 is 0 Å². The summed E-state index contributed by atoms with van der Waals surface area (Å²) in [6, 6.07) is 11.0. The summed E-state index contributed by atoms with van der Waals surface area (Å²) in [4.78, 5) is 14.4. The Morgan fingerprint density at radius 1 is 1.28 bits per heavy atom. The molecule has 1 aromatic heterocycles. The second kappa shape index (κ2) is 4.76. The van der Waals surface area contributed by atoms with Crippen LogP contribution in [0.4, 0.5) is 0 Å². The Kier molecular flexibility index (Phi) is 3.16. The molecule has 4 heteroatoms. The number of benzene rings is 1. The van der Waals surface area contributed by atoms with Gasteiger partial charge in [0.2, 0.25) is 0 Å². The number of nitrogens with zero attached hydrogens (tertiary/aromatic N) is 1. The Balaban J connectivity index is 2.79. The summed E-state index contributed by atoms with van der Waals surface area (Å²) >= 11 is 0. The van der Waals surface area contributed by atoms with Gasteiger partial charge in [0.1, 0.15) is 17.4 Å². The van der Waals surface area contributed by atoms with Gasteiger partial charge >= 0.3 is 0 Å². The van der Waals surface area contributed by atoms with Crippen LogP contribution in [-0.4, -0.2) is 12.1 Å². The van der Waals surface area contributed by atoms with Gasteiger partial charge in [-0.15, -0.1) is 0 Å². The van der Waals surface area contributed by atoms with Gasteiger partial charge in [0.25, 0.3) is 5.56 Å².